The number of fused-ring (bicyclic) bond motifs is 2. The van der Waals surface area contributed by atoms with Gasteiger partial charge in [-0.05, 0) is 48.7 Å². The summed E-state index contributed by atoms with van der Waals surface area (Å²) >= 11 is 0. The number of nitrogen functional groups attached to an aromatic ring is 1. The third kappa shape index (κ3) is 8.86. The maximum absolute atomic E-state index is 7.26. The molecule has 0 atom stereocenters. The van der Waals surface area contributed by atoms with Gasteiger partial charge in [0.1, 0.15) is 11.5 Å². The number of para-hydroxylation sites is 3. The van der Waals surface area contributed by atoms with E-state index < -0.39 is 15.8 Å². The van der Waals surface area contributed by atoms with Gasteiger partial charge in [0.05, 0.1) is 0 Å². The van der Waals surface area contributed by atoms with Crippen molar-refractivity contribution in [3.05, 3.63) is 223 Å². The Morgan fingerprint density at radius 3 is 1.11 bits per heavy atom. The Morgan fingerprint density at radius 2 is 0.737 bits per heavy atom. The molecule has 57 heavy (non-hydrogen) atoms. The molecule has 0 spiro atoms. The molecule has 0 amide bonds. The largest absolute Gasteiger partial charge is 1.00 e. The topological polar surface area (TPSA) is 35.2 Å². The monoisotopic (exact) mass is 888 g/mol. The molecule has 0 aliphatic carbocycles. The van der Waals surface area contributed by atoms with Crippen molar-refractivity contribution in [3.8, 4) is 22.6 Å². The second-order valence-corrected chi connectivity index (χ2v) is 18.4. The van der Waals surface area contributed by atoms with Crippen molar-refractivity contribution in [2.45, 2.75) is 19.3 Å². The standard InChI is InChI=1S/C39H32OP2.C12H11N.ClH.Pd/c1-39(2)33-25-15-27-35(41(29-17-7-3-8-18-29)30-19-9-4-10-20-30)37(33)40-38-34(39)26-16-28-36(38)42(31-21-11-5-12-22-31)32-23-13-6-14-24-32;13-12-9-5-4-8-11(12)10-6-2-1-3-7-10;;/h3-28H,1-2H3;1-9H,13H2;1H;/p-1. The molecular formula is C51H43ClNOP2Pd-. The average Bonchev–Trinajstić information content (AvgIpc) is 3.24. The SMILES string of the molecule is CC1(C)c2cccc(P(c3ccccc3)c3ccccc3)c2Oc2c(P(c3ccccc3)c3ccccc3)cccc21.Nc1ccccc1-c1ccccc1.[Cl-].[Pd]. The molecule has 0 unspecified atom stereocenters. The van der Waals surface area contributed by atoms with E-state index in [1.807, 2.05) is 42.5 Å². The van der Waals surface area contributed by atoms with Crippen LogP contribution < -0.4 is 54.7 Å². The zero-order valence-corrected chi connectivity index (χ0v) is 35.9. The number of halogens is 1. The molecule has 9 rings (SSSR count). The predicted octanol–water partition coefficient (Wildman–Crippen LogP) is 7.57. The number of nitrogens with two attached hydrogens (primary N) is 1. The van der Waals surface area contributed by atoms with E-state index in [0.29, 0.717) is 0 Å². The molecule has 8 aromatic carbocycles. The Hall–Kier alpha value is -4.83. The fraction of sp³-hybridized carbons (Fsp3) is 0.0588. The van der Waals surface area contributed by atoms with E-state index in [-0.39, 0.29) is 38.2 Å². The van der Waals surface area contributed by atoms with Crippen molar-refractivity contribution in [1.29, 1.82) is 0 Å². The van der Waals surface area contributed by atoms with E-state index in [0.717, 1.165) is 22.7 Å². The number of hydrogen-bond acceptors (Lipinski definition) is 2. The Morgan fingerprint density at radius 1 is 0.404 bits per heavy atom. The van der Waals surface area contributed by atoms with Crippen LogP contribution in [0.4, 0.5) is 5.69 Å². The van der Waals surface area contributed by atoms with Crippen LogP contribution in [-0.4, -0.2) is 0 Å². The molecule has 0 aromatic heterocycles. The van der Waals surface area contributed by atoms with Gasteiger partial charge in [0.15, 0.2) is 0 Å². The van der Waals surface area contributed by atoms with E-state index in [4.69, 9.17) is 10.5 Å². The molecule has 8 aromatic rings. The second-order valence-electron chi connectivity index (χ2n) is 14.0. The minimum absolute atomic E-state index is 0. The van der Waals surface area contributed by atoms with E-state index in [9.17, 15) is 0 Å². The molecule has 0 bridgehead atoms. The molecule has 0 radical (unpaired) electrons. The average molecular weight is 890 g/mol. The van der Waals surface area contributed by atoms with Gasteiger partial charge in [0, 0.05) is 58.8 Å². The van der Waals surface area contributed by atoms with Crippen molar-refractivity contribution < 1.29 is 37.6 Å². The number of ether oxygens (including phenoxy) is 1. The summed E-state index contributed by atoms with van der Waals surface area (Å²) < 4.78 is 7.26. The Bertz CT molecular complexity index is 2290. The zero-order chi connectivity index (χ0) is 37.6. The van der Waals surface area contributed by atoms with Crippen LogP contribution >= 0.6 is 15.8 Å². The molecule has 0 fully saturated rings. The van der Waals surface area contributed by atoms with E-state index in [1.54, 1.807) is 0 Å². The molecular weight excluding hydrogens is 846 g/mol. The fourth-order valence-corrected chi connectivity index (χ4v) is 12.2. The molecule has 1 heterocycles. The summed E-state index contributed by atoms with van der Waals surface area (Å²) in [4.78, 5) is 0. The van der Waals surface area contributed by atoms with Gasteiger partial charge < -0.3 is 22.9 Å². The molecule has 0 saturated heterocycles. The van der Waals surface area contributed by atoms with Gasteiger partial charge in [-0.3, -0.25) is 0 Å². The Labute approximate surface area is 359 Å². The van der Waals surface area contributed by atoms with Crippen LogP contribution in [0.5, 0.6) is 11.5 Å². The van der Waals surface area contributed by atoms with Crippen molar-refractivity contribution in [2.75, 3.05) is 5.73 Å². The van der Waals surface area contributed by atoms with Crippen LogP contribution in [0, 0.1) is 0 Å². The zero-order valence-electron chi connectivity index (χ0n) is 31.8. The summed E-state index contributed by atoms with van der Waals surface area (Å²) in [5.41, 5.74) is 11.2. The van der Waals surface area contributed by atoms with Crippen LogP contribution in [0.25, 0.3) is 11.1 Å². The summed E-state index contributed by atoms with van der Waals surface area (Å²) in [5.74, 6) is 2.02. The van der Waals surface area contributed by atoms with E-state index in [1.165, 1.54) is 48.5 Å². The summed E-state index contributed by atoms with van der Waals surface area (Å²) in [5, 5.41) is 7.81. The van der Waals surface area contributed by atoms with E-state index in [2.05, 4.69) is 184 Å². The third-order valence-corrected chi connectivity index (χ3v) is 15.1. The van der Waals surface area contributed by atoms with Crippen LogP contribution in [0.15, 0.2) is 212 Å². The maximum atomic E-state index is 7.26. The van der Waals surface area contributed by atoms with Crippen LogP contribution in [-0.2, 0) is 25.8 Å². The predicted molar refractivity (Wildman–Crippen MR) is 239 cm³/mol. The molecule has 1 aliphatic rings. The Kier molecular flexibility index (Phi) is 14.0. The van der Waals surface area contributed by atoms with Crippen LogP contribution in [0.1, 0.15) is 25.0 Å². The summed E-state index contributed by atoms with van der Waals surface area (Å²) in [7, 11) is -1.65. The van der Waals surface area contributed by atoms with Gasteiger partial charge in [-0.25, -0.2) is 0 Å². The van der Waals surface area contributed by atoms with Crippen molar-refractivity contribution in [3.63, 3.8) is 0 Å². The first-order chi connectivity index (χ1) is 27.0. The van der Waals surface area contributed by atoms with Crippen molar-refractivity contribution in [2.24, 2.45) is 0 Å². The Balaban J connectivity index is 0.000000312. The normalized spacial score (nSPS) is 12.1. The third-order valence-electron chi connectivity index (χ3n) is 10.1. The molecule has 2 N–H and O–H groups in total. The summed E-state index contributed by atoms with van der Waals surface area (Å²) in [6.45, 7) is 4.70. The maximum Gasteiger partial charge on any atom is 0.139 e. The molecule has 0 saturated carbocycles. The molecule has 1 aliphatic heterocycles. The first-order valence-electron chi connectivity index (χ1n) is 18.7. The summed E-state index contributed by atoms with van der Waals surface area (Å²) in [6.07, 6.45) is 0. The van der Waals surface area contributed by atoms with E-state index >= 15 is 0 Å². The van der Waals surface area contributed by atoms with Crippen LogP contribution in [0.3, 0.4) is 0 Å². The number of hydrogen-bond donors (Lipinski definition) is 1. The van der Waals surface area contributed by atoms with Gasteiger partial charge in [0.25, 0.3) is 0 Å². The number of anilines is 1. The van der Waals surface area contributed by atoms with Gasteiger partial charge >= 0.3 is 0 Å². The van der Waals surface area contributed by atoms with Crippen LogP contribution in [0.2, 0.25) is 0 Å². The van der Waals surface area contributed by atoms with Gasteiger partial charge in [-0.1, -0.05) is 220 Å². The fourth-order valence-electron chi connectivity index (χ4n) is 7.39. The molecule has 6 heteroatoms. The smallest absolute Gasteiger partial charge is 0.139 e. The molecule has 286 valence electrons. The van der Waals surface area contributed by atoms with Gasteiger partial charge in [-0.2, -0.15) is 0 Å². The van der Waals surface area contributed by atoms with Crippen molar-refractivity contribution in [1.82, 2.24) is 0 Å². The minimum atomic E-state index is -0.824. The van der Waals surface area contributed by atoms with Gasteiger partial charge in [0.2, 0.25) is 0 Å². The van der Waals surface area contributed by atoms with Gasteiger partial charge in [-0.15, -0.1) is 0 Å². The molecule has 2 nitrogen and oxygen atoms in total. The van der Waals surface area contributed by atoms with Crippen molar-refractivity contribution >= 4 is 53.4 Å². The first kappa shape index (κ1) is 41.8. The number of rotatable bonds is 7. The minimum Gasteiger partial charge on any atom is -1.00 e. The quantitative estimate of drug-likeness (QED) is 0.102. The second kappa shape index (κ2) is 19.1. The number of benzene rings is 8. The summed E-state index contributed by atoms with van der Waals surface area (Å²) in [6, 6.07) is 75.2. The first-order valence-corrected chi connectivity index (χ1v) is 21.3.